The van der Waals surface area contributed by atoms with Crippen LogP contribution in [-0.4, -0.2) is 21.0 Å². The minimum atomic E-state index is -0.956. The highest BCUT2D eigenvalue weighted by Gasteiger charge is 2.08. The number of benzene rings is 1. The maximum Gasteiger partial charge on any atom is 0.336 e. The van der Waals surface area contributed by atoms with Crippen LogP contribution < -0.4 is 0 Å². The molecular formula is C12H14N2O2. The van der Waals surface area contributed by atoms with Crippen molar-refractivity contribution in [2.24, 2.45) is 0 Å². The third kappa shape index (κ3) is 2.34. The molecule has 0 saturated carbocycles. The lowest BCUT2D eigenvalue weighted by Gasteiger charge is -2.01. The van der Waals surface area contributed by atoms with E-state index in [0.717, 1.165) is 0 Å². The normalized spacial score (nSPS) is 9.44. The van der Waals surface area contributed by atoms with Gasteiger partial charge in [-0.2, -0.15) is 0 Å². The molecular weight excluding hydrogens is 204 g/mol. The van der Waals surface area contributed by atoms with Crippen LogP contribution in [-0.2, 0) is 0 Å². The highest BCUT2D eigenvalue weighted by molar-refractivity contribution is 6.02. The number of nitrogens with zero attached hydrogens (tertiary/aromatic N) is 2. The monoisotopic (exact) mass is 218 g/mol. The molecule has 0 radical (unpaired) electrons. The second kappa shape index (κ2) is 5.21. The van der Waals surface area contributed by atoms with Crippen LogP contribution in [0.4, 0.5) is 0 Å². The van der Waals surface area contributed by atoms with E-state index in [9.17, 15) is 4.79 Å². The number of aromatic nitrogens is 2. The average Bonchev–Trinajstić information content (AvgIpc) is 2.30. The van der Waals surface area contributed by atoms with Crippen LogP contribution in [0.15, 0.2) is 24.4 Å². The molecule has 0 unspecified atom stereocenters. The fourth-order valence-electron chi connectivity index (χ4n) is 1.33. The molecule has 84 valence electrons. The Hall–Kier alpha value is -1.97. The van der Waals surface area contributed by atoms with Gasteiger partial charge in [0.15, 0.2) is 0 Å². The summed E-state index contributed by atoms with van der Waals surface area (Å²) >= 11 is 0. The predicted octanol–water partition coefficient (Wildman–Crippen LogP) is 2.66. The number of aryl methyl sites for hydroxylation is 1. The summed E-state index contributed by atoms with van der Waals surface area (Å²) in [4.78, 5) is 19.0. The molecule has 1 aromatic heterocycles. The number of carbonyl (C=O) groups is 1. The second-order valence-electron chi connectivity index (χ2n) is 2.96. The molecule has 1 N–H and O–H groups in total. The second-order valence-corrected chi connectivity index (χ2v) is 2.96. The Morgan fingerprint density at radius 3 is 2.62 bits per heavy atom. The molecule has 0 saturated heterocycles. The zero-order chi connectivity index (χ0) is 12.1. The van der Waals surface area contributed by atoms with Gasteiger partial charge in [-0.3, -0.25) is 0 Å². The van der Waals surface area contributed by atoms with Gasteiger partial charge in [0.05, 0.1) is 11.1 Å². The first-order valence-corrected chi connectivity index (χ1v) is 5.14. The number of hydrogen-bond donors (Lipinski definition) is 1. The number of carboxylic acids is 1. The summed E-state index contributed by atoms with van der Waals surface area (Å²) in [5, 5.41) is 9.47. The van der Waals surface area contributed by atoms with Gasteiger partial charge in [0.1, 0.15) is 5.82 Å². The molecule has 0 aliphatic rings. The standard InChI is InChI=1S/C10H8N2O2.C2H6/c1-6-11-5-8-7(10(13)14)3-2-4-9(8)12-6;1-2/h2-5H,1H3,(H,13,14);1-2H3. The van der Waals surface area contributed by atoms with Crippen LogP contribution >= 0.6 is 0 Å². The van der Waals surface area contributed by atoms with Crippen molar-refractivity contribution in [3.8, 4) is 0 Å². The van der Waals surface area contributed by atoms with E-state index in [4.69, 9.17) is 5.11 Å². The highest BCUT2D eigenvalue weighted by Crippen LogP contribution is 2.15. The summed E-state index contributed by atoms with van der Waals surface area (Å²) in [5.41, 5.74) is 0.903. The third-order valence-corrected chi connectivity index (χ3v) is 1.98. The van der Waals surface area contributed by atoms with Crippen molar-refractivity contribution in [2.45, 2.75) is 20.8 Å². The lowest BCUT2D eigenvalue weighted by Crippen LogP contribution is -1.99. The van der Waals surface area contributed by atoms with E-state index in [2.05, 4.69) is 9.97 Å². The van der Waals surface area contributed by atoms with Crippen LogP contribution in [0.1, 0.15) is 30.0 Å². The Kier molecular flexibility index (Phi) is 3.94. The fourth-order valence-corrected chi connectivity index (χ4v) is 1.33. The quantitative estimate of drug-likeness (QED) is 0.799. The molecule has 4 nitrogen and oxygen atoms in total. The predicted molar refractivity (Wildman–Crippen MR) is 62.6 cm³/mol. The third-order valence-electron chi connectivity index (χ3n) is 1.98. The minimum absolute atomic E-state index is 0.238. The number of aromatic carboxylic acids is 1. The molecule has 0 bridgehead atoms. The summed E-state index contributed by atoms with van der Waals surface area (Å²) in [6, 6.07) is 5.00. The Morgan fingerprint density at radius 2 is 2.00 bits per heavy atom. The molecule has 0 fully saturated rings. The maximum atomic E-state index is 10.8. The van der Waals surface area contributed by atoms with Crippen LogP contribution in [0.3, 0.4) is 0 Å². The van der Waals surface area contributed by atoms with Crippen LogP contribution in [0, 0.1) is 6.92 Å². The van der Waals surface area contributed by atoms with Crippen molar-refractivity contribution >= 4 is 16.9 Å². The van der Waals surface area contributed by atoms with Crippen LogP contribution in [0.25, 0.3) is 10.9 Å². The zero-order valence-electron chi connectivity index (χ0n) is 9.56. The van der Waals surface area contributed by atoms with Gasteiger partial charge in [-0.05, 0) is 19.1 Å². The Bertz CT molecular complexity index is 509. The minimum Gasteiger partial charge on any atom is -0.478 e. The topological polar surface area (TPSA) is 63.1 Å². The van der Waals surface area contributed by atoms with Crippen LogP contribution in [0.2, 0.25) is 0 Å². The summed E-state index contributed by atoms with van der Waals surface area (Å²) < 4.78 is 0. The Labute approximate surface area is 94.0 Å². The van der Waals surface area contributed by atoms with Crippen molar-refractivity contribution < 1.29 is 9.90 Å². The van der Waals surface area contributed by atoms with Gasteiger partial charge < -0.3 is 5.11 Å². The van der Waals surface area contributed by atoms with Crippen molar-refractivity contribution in [1.29, 1.82) is 0 Å². The largest absolute Gasteiger partial charge is 0.478 e. The highest BCUT2D eigenvalue weighted by atomic mass is 16.4. The molecule has 0 aliphatic carbocycles. The SMILES string of the molecule is CC.Cc1ncc2c(C(=O)O)cccc2n1. The Balaban J connectivity index is 0.000000606. The smallest absolute Gasteiger partial charge is 0.336 e. The van der Waals surface area contributed by atoms with Gasteiger partial charge in [0.25, 0.3) is 0 Å². The average molecular weight is 218 g/mol. The van der Waals surface area contributed by atoms with E-state index in [0.29, 0.717) is 16.7 Å². The van der Waals surface area contributed by atoms with Gasteiger partial charge in [0, 0.05) is 11.6 Å². The molecule has 0 aliphatic heterocycles. The number of carboxylic acid groups (broad SMARTS) is 1. The first kappa shape index (κ1) is 12.1. The summed E-state index contributed by atoms with van der Waals surface area (Å²) in [6.07, 6.45) is 1.54. The molecule has 4 heteroatoms. The van der Waals surface area contributed by atoms with Gasteiger partial charge in [-0.15, -0.1) is 0 Å². The summed E-state index contributed by atoms with van der Waals surface area (Å²) in [5.74, 6) is -0.317. The number of rotatable bonds is 1. The van der Waals surface area contributed by atoms with Crippen molar-refractivity contribution in [3.63, 3.8) is 0 Å². The molecule has 1 heterocycles. The van der Waals surface area contributed by atoms with Gasteiger partial charge in [0.2, 0.25) is 0 Å². The van der Waals surface area contributed by atoms with Crippen molar-refractivity contribution in [3.05, 3.63) is 35.8 Å². The van der Waals surface area contributed by atoms with E-state index >= 15 is 0 Å². The number of hydrogen-bond acceptors (Lipinski definition) is 3. The first-order chi connectivity index (χ1) is 7.68. The van der Waals surface area contributed by atoms with Gasteiger partial charge in [-0.1, -0.05) is 19.9 Å². The van der Waals surface area contributed by atoms with E-state index in [1.807, 2.05) is 13.8 Å². The molecule has 0 amide bonds. The maximum absolute atomic E-state index is 10.8. The number of fused-ring (bicyclic) bond motifs is 1. The summed E-state index contributed by atoms with van der Waals surface area (Å²) in [6.45, 7) is 5.77. The molecule has 2 rings (SSSR count). The van der Waals surface area contributed by atoms with Crippen LogP contribution in [0.5, 0.6) is 0 Å². The van der Waals surface area contributed by atoms with E-state index in [1.165, 1.54) is 0 Å². The van der Waals surface area contributed by atoms with E-state index < -0.39 is 5.97 Å². The summed E-state index contributed by atoms with van der Waals surface area (Å²) in [7, 11) is 0. The lowest BCUT2D eigenvalue weighted by molar-refractivity contribution is 0.0699. The first-order valence-electron chi connectivity index (χ1n) is 5.14. The molecule has 16 heavy (non-hydrogen) atoms. The molecule has 2 aromatic rings. The van der Waals surface area contributed by atoms with E-state index in [-0.39, 0.29) is 5.56 Å². The van der Waals surface area contributed by atoms with Crippen molar-refractivity contribution in [2.75, 3.05) is 0 Å². The fraction of sp³-hybridized carbons (Fsp3) is 0.250. The van der Waals surface area contributed by atoms with E-state index in [1.54, 1.807) is 31.3 Å². The molecule has 1 aromatic carbocycles. The Morgan fingerprint density at radius 1 is 1.31 bits per heavy atom. The molecule has 0 spiro atoms. The van der Waals surface area contributed by atoms with Gasteiger partial charge in [-0.25, -0.2) is 14.8 Å². The zero-order valence-corrected chi connectivity index (χ0v) is 9.56. The van der Waals surface area contributed by atoms with Crippen molar-refractivity contribution in [1.82, 2.24) is 9.97 Å². The lowest BCUT2D eigenvalue weighted by atomic mass is 10.1. The van der Waals surface area contributed by atoms with Gasteiger partial charge >= 0.3 is 5.97 Å². The molecule has 0 atom stereocenters.